The monoisotopic (exact) mass is 231 g/mol. The van der Waals surface area contributed by atoms with Crippen LogP contribution in [-0.4, -0.2) is 22.3 Å². The lowest BCUT2D eigenvalue weighted by atomic mass is 9.69. The zero-order chi connectivity index (χ0) is 11.6. The maximum atomic E-state index is 11.7. The lowest BCUT2D eigenvalue weighted by Gasteiger charge is -2.40. The van der Waals surface area contributed by atoms with Crippen molar-refractivity contribution in [1.29, 1.82) is 0 Å². The highest BCUT2D eigenvalue weighted by Crippen LogP contribution is 2.41. The van der Waals surface area contributed by atoms with Crippen LogP contribution in [0.15, 0.2) is 0 Å². The average molecular weight is 231 g/mol. The lowest BCUT2D eigenvalue weighted by molar-refractivity contribution is 0.156. The molecule has 4 unspecified atom stereocenters. The largest absolute Gasteiger partial charge is 0.330 e. The van der Waals surface area contributed by atoms with Gasteiger partial charge < -0.3 is 5.73 Å². The molecule has 3 heteroatoms. The van der Waals surface area contributed by atoms with Crippen LogP contribution in [0.3, 0.4) is 0 Å². The summed E-state index contributed by atoms with van der Waals surface area (Å²) in [7, 11) is -0.717. The van der Waals surface area contributed by atoms with Crippen LogP contribution in [0.4, 0.5) is 0 Å². The Hall–Kier alpha value is 0.110. The lowest BCUT2D eigenvalue weighted by Crippen LogP contribution is -2.40. The first-order valence-electron chi connectivity index (χ1n) is 5.88. The topological polar surface area (TPSA) is 43.1 Å². The summed E-state index contributed by atoms with van der Waals surface area (Å²) >= 11 is 0. The molecule has 0 heterocycles. The Balaban J connectivity index is 2.70. The van der Waals surface area contributed by atoms with E-state index in [0.717, 1.165) is 12.8 Å². The Kier molecular flexibility index (Phi) is 4.36. The summed E-state index contributed by atoms with van der Waals surface area (Å²) in [5, 5.41) is 0.327. The molecule has 0 aromatic carbocycles. The van der Waals surface area contributed by atoms with Crippen molar-refractivity contribution in [3.8, 4) is 0 Å². The minimum atomic E-state index is -0.717. The molecule has 0 saturated heterocycles. The zero-order valence-electron chi connectivity index (χ0n) is 10.5. The van der Waals surface area contributed by atoms with Gasteiger partial charge in [-0.15, -0.1) is 0 Å². The second kappa shape index (κ2) is 4.96. The van der Waals surface area contributed by atoms with Gasteiger partial charge in [-0.05, 0) is 43.1 Å². The van der Waals surface area contributed by atoms with Crippen molar-refractivity contribution in [1.82, 2.24) is 0 Å². The summed E-state index contributed by atoms with van der Waals surface area (Å²) < 4.78 is 11.7. The third kappa shape index (κ3) is 3.28. The van der Waals surface area contributed by atoms with E-state index >= 15 is 0 Å². The molecule has 0 aromatic rings. The van der Waals surface area contributed by atoms with Gasteiger partial charge in [0.15, 0.2) is 0 Å². The summed E-state index contributed by atoms with van der Waals surface area (Å²) in [5.41, 5.74) is 6.10. The third-order valence-electron chi connectivity index (χ3n) is 3.88. The highest BCUT2D eigenvalue weighted by atomic mass is 32.2. The van der Waals surface area contributed by atoms with Crippen molar-refractivity contribution in [2.24, 2.45) is 23.0 Å². The molecule has 4 atom stereocenters. The SMILES string of the molecule is CS(=O)C1CC(C(C)(C)C)CCC1CN. The van der Waals surface area contributed by atoms with Crippen molar-refractivity contribution in [3.05, 3.63) is 0 Å². The van der Waals surface area contributed by atoms with Crippen LogP contribution in [0.1, 0.15) is 40.0 Å². The van der Waals surface area contributed by atoms with E-state index in [-0.39, 0.29) is 0 Å². The van der Waals surface area contributed by atoms with Crippen molar-refractivity contribution >= 4 is 10.8 Å². The molecule has 0 amide bonds. The molecular formula is C12H25NOS. The first-order chi connectivity index (χ1) is 6.86. The number of hydrogen-bond donors (Lipinski definition) is 1. The van der Waals surface area contributed by atoms with E-state index in [2.05, 4.69) is 20.8 Å². The molecule has 1 fully saturated rings. The van der Waals surface area contributed by atoms with Gasteiger partial charge in [-0.1, -0.05) is 20.8 Å². The molecule has 0 aliphatic heterocycles. The van der Waals surface area contributed by atoms with Crippen LogP contribution < -0.4 is 5.73 Å². The zero-order valence-corrected chi connectivity index (χ0v) is 11.3. The summed E-state index contributed by atoms with van der Waals surface area (Å²) in [6, 6.07) is 0. The standard InChI is InChI=1S/C12H25NOS/c1-12(2,3)10-6-5-9(8-13)11(7-10)15(4)14/h9-11H,5-8,13H2,1-4H3. The van der Waals surface area contributed by atoms with Crippen LogP contribution >= 0.6 is 0 Å². The van der Waals surface area contributed by atoms with E-state index in [9.17, 15) is 4.21 Å². The van der Waals surface area contributed by atoms with Crippen molar-refractivity contribution in [2.45, 2.75) is 45.3 Å². The van der Waals surface area contributed by atoms with Gasteiger partial charge in [0.2, 0.25) is 0 Å². The highest BCUT2D eigenvalue weighted by molar-refractivity contribution is 7.84. The second-order valence-corrected chi connectivity index (χ2v) is 7.51. The number of rotatable bonds is 2. The van der Waals surface area contributed by atoms with E-state index in [0.29, 0.717) is 29.0 Å². The van der Waals surface area contributed by atoms with Gasteiger partial charge in [-0.25, -0.2) is 0 Å². The van der Waals surface area contributed by atoms with Crippen LogP contribution in [-0.2, 0) is 10.8 Å². The fourth-order valence-electron chi connectivity index (χ4n) is 2.65. The summed E-state index contributed by atoms with van der Waals surface area (Å²) in [6.07, 6.45) is 5.33. The molecule has 1 aliphatic rings. The smallest absolute Gasteiger partial charge is 0.0388 e. The van der Waals surface area contributed by atoms with Crippen LogP contribution in [0.25, 0.3) is 0 Å². The quantitative estimate of drug-likeness (QED) is 0.791. The van der Waals surface area contributed by atoms with Crippen LogP contribution in [0, 0.1) is 17.3 Å². The first kappa shape index (κ1) is 13.2. The molecule has 2 N–H and O–H groups in total. The van der Waals surface area contributed by atoms with E-state index in [1.54, 1.807) is 0 Å². The summed E-state index contributed by atoms with van der Waals surface area (Å²) in [5.74, 6) is 1.18. The van der Waals surface area contributed by atoms with E-state index in [1.165, 1.54) is 6.42 Å². The molecule has 0 radical (unpaired) electrons. The molecule has 1 aliphatic carbocycles. The van der Waals surface area contributed by atoms with Crippen LogP contribution in [0.5, 0.6) is 0 Å². The van der Waals surface area contributed by atoms with Crippen molar-refractivity contribution < 1.29 is 4.21 Å². The van der Waals surface area contributed by atoms with Gasteiger partial charge in [0, 0.05) is 22.3 Å². The third-order valence-corrected chi connectivity index (χ3v) is 5.31. The molecule has 0 aromatic heterocycles. The van der Waals surface area contributed by atoms with Crippen LogP contribution in [0.2, 0.25) is 0 Å². The Morgan fingerprint density at radius 3 is 2.33 bits per heavy atom. The molecular weight excluding hydrogens is 206 g/mol. The number of hydrogen-bond acceptors (Lipinski definition) is 2. The Morgan fingerprint density at radius 1 is 1.33 bits per heavy atom. The van der Waals surface area contributed by atoms with Gasteiger partial charge >= 0.3 is 0 Å². The number of nitrogens with two attached hydrogens (primary N) is 1. The molecule has 2 nitrogen and oxygen atoms in total. The minimum Gasteiger partial charge on any atom is -0.330 e. The molecule has 1 rings (SSSR count). The molecule has 1 saturated carbocycles. The first-order valence-corrected chi connectivity index (χ1v) is 7.50. The van der Waals surface area contributed by atoms with Gasteiger partial charge in [-0.3, -0.25) is 4.21 Å². The van der Waals surface area contributed by atoms with Gasteiger partial charge in [0.05, 0.1) is 0 Å². The molecule has 90 valence electrons. The van der Waals surface area contributed by atoms with E-state index < -0.39 is 10.8 Å². The summed E-state index contributed by atoms with van der Waals surface area (Å²) in [4.78, 5) is 0. The average Bonchev–Trinajstić information content (AvgIpc) is 2.15. The van der Waals surface area contributed by atoms with E-state index in [1.807, 2.05) is 6.26 Å². The fourth-order valence-corrected chi connectivity index (χ4v) is 3.95. The Bertz CT molecular complexity index is 234. The molecule has 0 spiro atoms. The molecule has 15 heavy (non-hydrogen) atoms. The normalized spacial score (nSPS) is 35.1. The highest BCUT2D eigenvalue weighted by Gasteiger charge is 2.36. The molecule has 0 bridgehead atoms. The predicted molar refractivity (Wildman–Crippen MR) is 67.2 cm³/mol. The summed E-state index contributed by atoms with van der Waals surface area (Å²) in [6.45, 7) is 7.56. The van der Waals surface area contributed by atoms with Gasteiger partial charge in [-0.2, -0.15) is 0 Å². The van der Waals surface area contributed by atoms with Gasteiger partial charge in [0.1, 0.15) is 0 Å². The second-order valence-electron chi connectivity index (χ2n) is 5.91. The minimum absolute atomic E-state index is 0.327. The maximum Gasteiger partial charge on any atom is 0.0388 e. The van der Waals surface area contributed by atoms with Gasteiger partial charge in [0.25, 0.3) is 0 Å². The fraction of sp³-hybridized carbons (Fsp3) is 1.00. The van der Waals surface area contributed by atoms with Crippen molar-refractivity contribution in [2.75, 3.05) is 12.8 Å². The van der Waals surface area contributed by atoms with E-state index in [4.69, 9.17) is 5.73 Å². The van der Waals surface area contributed by atoms with Crippen molar-refractivity contribution in [3.63, 3.8) is 0 Å². The maximum absolute atomic E-state index is 11.7. The Labute approximate surface area is 96.5 Å². The predicted octanol–water partition coefficient (Wildman–Crippen LogP) is 2.15. The Morgan fingerprint density at radius 2 is 1.93 bits per heavy atom.